The third kappa shape index (κ3) is 6.05. The molecule has 2 saturated carbocycles. The Morgan fingerprint density at radius 3 is 2.15 bits per heavy atom. The number of aryl methyl sites for hydroxylation is 1. The first-order valence-corrected chi connectivity index (χ1v) is 13.3. The molecule has 0 N–H and O–H groups in total. The van der Waals surface area contributed by atoms with Crippen LogP contribution in [-0.2, 0) is 17.8 Å². The molecule has 2 aliphatic rings. The second kappa shape index (κ2) is 11.7. The van der Waals surface area contributed by atoms with Gasteiger partial charge in [0.1, 0.15) is 5.82 Å². The minimum absolute atomic E-state index is 0.160. The van der Waals surface area contributed by atoms with Crippen molar-refractivity contribution in [2.45, 2.75) is 96.5 Å². The standard InChI is InChI=1S/C30H39F3O/c1-3-34-19-26-15-14-25(18-28(26)31)22-11-6-21(7-12-22)8-13-24-16-17-27(30(33)29(24)32)23-9-4-20(2)5-10-23/h14-18,20-23H,3-13,19H2,1-2H3. The summed E-state index contributed by atoms with van der Waals surface area (Å²) in [4.78, 5) is 0. The van der Waals surface area contributed by atoms with Crippen molar-refractivity contribution >= 4 is 0 Å². The summed E-state index contributed by atoms with van der Waals surface area (Å²) in [5, 5.41) is 0. The highest BCUT2D eigenvalue weighted by Gasteiger charge is 2.26. The summed E-state index contributed by atoms with van der Waals surface area (Å²) in [5.41, 5.74) is 2.77. The summed E-state index contributed by atoms with van der Waals surface area (Å²) in [6.45, 7) is 5.03. The molecule has 4 rings (SSSR count). The smallest absolute Gasteiger partial charge is 0.162 e. The van der Waals surface area contributed by atoms with Crippen molar-refractivity contribution in [3.05, 3.63) is 70.0 Å². The summed E-state index contributed by atoms with van der Waals surface area (Å²) >= 11 is 0. The predicted molar refractivity (Wildman–Crippen MR) is 131 cm³/mol. The van der Waals surface area contributed by atoms with E-state index >= 15 is 0 Å². The fraction of sp³-hybridized carbons (Fsp3) is 0.600. The Balaban J connectivity index is 1.29. The highest BCUT2D eigenvalue weighted by atomic mass is 19.2. The molecule has 2 fully saturated rings. The van der Waals surface area contributed by atoms with Crippen molar-refractivity contribution in [1.82, 2.24) is 0 Å². The van der Waals surface area contributed by atoms with Crippen LogP contribution in [-0.4, -0.2) is 6.61 Å². The van der Waals surface area contributed by atoms with Gasteiger partial charge in [0.2, 0.25) is 0 Å². The normalized spacial score (nSPS) is 25.4. The van der Waals surface area contributed by atoms with E-state index in [1.807, 2.05) is 31.2 Å². The van der Waals surface area contributed by atoms with Crippen molar-refractivity contribution in [3.8, 4) is 0 Å². The molecule has 0 aliphatic heterocycles. The van der Waals surface area contributed by atoms with Gasteiger partial charge in [0.05, 0.1) is 6.61 Å². The van der Waals surface area contributed by atoms with Crippen LogP contribution in [0.2, 0.25) is 0 Å². The maximum Gasteiger partial charge on any atom is 0.162 e. The van der Waals surface area contributed by atoms with E-state index in [0.29, 0.717) is 54.1 Å². The largest absolute Gasteiger partial charge is 0.377 e. The third-order valence-corrected chi connectivity index (χ3v) is 8.33. The average Bonchev–Trinajstić information content (AvgIpc) is 2.85. The van der Waals surface area contributed by atoms with Gasteiger partial charge in [-0.25, -0.2) is 13.2 Å². The Morgan fingerprint density at radius 1 is 0.794 bits per heavy atom. The van der Waals surface area contributed by atoms with Gasteiger partial charge in [0.25, 0.3) is 0 Å². The Labute approximate surface area is 203 Å². The molecule has 1 nitrogen and oxygen atoms in total. The fourth-order valence-electron chi connectivity index (χ4n) is 5.97. The van der Waals surface area contributed by atoms with Gasteiger partial charge in [-0.2, -0.15) is 0 Å². The molecule has 0 radical (unpaired) electrons. The number of rotatable bonds is 8. The van der Waals surface area contributed by atoms with Gasteiger partial charge >= 0.3 is 0 Å². The van der Waals surface area contributed by atoms with Crippen LogP contribution < -0.4 is 0 Å². The fourth-order valence-corrected chi connectivity index (χ4v) is 5.97. The Morgan fingerprint density at radius 2 is 1.47 bits per heavy atom. The molecule has 0 bridgehead atoms. The molecule has 2 aromatic carbocycles. The van der Waals surface area contributed by atoms with E-state index in [1.165, 1.54) is 0 Å². The van der Waals surface area contributed by atoms with E-state index in [-0.39, 0.29) is 11.7 Å². The topological polar surface area (TPSA) is 9.23 Å². The summed E-state index contributed by atoms with van der Waals surface area (Å²) in [5.74, 6) is 0.309. The minimum atomic E-state index is -0.632. The Kier molecular flexibility index (Phi) is 8.74. The van der Waals surface area contributed by atoms with E-state index in [9.17, 15) is 13.2 Å². The SMILES string of the molecule is CCOCc1ccc(C2CCC(CCc3ccc(C4CCC(C)CC4)c(F)c3F)CC2)cc1F. The zero-order valence-corrected chi connectivity index (χ0v) is 20.7. The van der Waals surface area contributed by atoms with Gasteiger partial charge in [0.15, 0.2) is 11.6 Å². The number of halogens is 3. The number of hydrogen-bond acceptors (Lipinski definition) is 1. The van der Waals surface area contributed by atoms with Crippen molar-refractivity contribution in [3.63, 3.8) is 0 Å². The molecule has 34 heavy (non-hydrogen) atoms. The van der Waals surface area contributed by atoms with Gasteiger partial charge in [-0.3, -0.25) is 0 Å². The molecule has 0 spiro atoms. The number of hydrogen-bond donors (Lipinski definition) is 0. The highest BCUT2D eigenvalue weighted by molar-refractivity contribution is 5.30. The van der Waals surface area contributed by atoms with Crippen LogP contribution >= 0.6 is 0 Å². The lowest BCUT2D eigenvalue weighted by Gasteiger charge is -2.29. The zero-order chi connectivity index (χ0) is 24.1. The predicted octanol–water partition coefficient (Wildman–Crippen LogP) is 8.84. The maximum atomic E-state index is 14.9. The number of ether oxygens (including phenoxy) is 1. The molecular weight excluding hydrogens is 433 g/mol. The van der Waals surface area contributed by atoms with Crippen molar-refractivity contribution < 1.29 is 17.9 Å². The van der Waals surface area contributed by atoms with Crippen LogP contribution in [0.4, 0.5) is 13.2 Å². The van der Waals surface area contributed by atoms with Crippen LogP contribution in [0, 0.1) is 29.3 Å². The molecule has 2 aliphatic carbocycles. The quantitative estimate of drug-likeness (QED) is 0.373. The maximum absolute atomic E-state index is 14.9. The second-order valence-electron chi connectivity index (χ2n) is 10.6. The van der Waals surface area contributed by atoms with Gasteiger partial charge in [-0.15, -0.1) is 0 Å². The summed E-state index contributed by atoms with van der Waals surface area (Å²) in [6.07, 6.45) is 9.71. The van der Waals surface area contributed by atoms with Crippen LogP contribution in [0.25, 0.3) is 0 Å². The van der Waals surface area contributed by atoms with E-state index in [2.05, 4.69) is 6.92 Å². The minimum Gasteiger partial charge on any atom is -0.377 e. The van der Waals surface area contributed by atoms with Crippen molar-refractivity contribution in [2.24, 2.45) is 11.8 Å². The molecule has 0 saturated heterocycles. The van der Waals surface area contributed by atoms with Crippen LogP contribution in [0.3, 0.4) is 0 Å². The monoisotopic (exact) mass is 472 g/mol. The van der Waals surface area contributed by atoms with Gasteiger partial charge in [0, 0.05) is 12.2 Å². The van der Waals surface area contributed by atoms with Crippen molar-refractivity contribution in [2.75, 3.05) is 6.61 Å². The molecule has 186 valence electrons. The Hall–Kier alpha value is -1.81. The number of benzene rings is 2. The molecule has 2 aromatic rings. The molecule has 4 heteroatoms. The van der Waals surface area contributed by atoms with Gasteiger partial charge in [-0.05, 0) is 105 Å². The molecule has 0 atom stereocenters. The Bertz CT molecular complexity index is 940. The van der Waals surface area contributed by atoms with E-state index in [0.717, 1.165) is 63.4 Å². The first kappa shape index (κ1) is 25.3. The van der Waals surface area contributed by atoms with Crippen LogP contribution in [0.5, 0.6) is 0 Å². The third-order valence-electron chi connectivity index (χ3n) is 8.33. The lowest BCUT2D eigenvalue weighted by Crippen LogP contribution is -2.15. The first-order chi connectivity index (χ1) is 16.5. The van der Waals surface area contributed by atoms with E-state index in [4.69, 9.17) is 4.74 Å². The average molecular weight is 473 g/mol. The van der Waals surface area contributed by atoms with Gasteiger partial charge < -0.3 is 4.74 Å². The lowest BCUT2D eigenvalue weighted by atomic mass is 9.76. The second-order valence-corrected chi connectivity index (χ2v) is 10.6. The summed E-state index contributed by atoms with van der Waals surface area (Å²) in [7, 11) is 0. The first-order valence-electron chi connectivity index (χ1n) is 13.3. The van der Waals surface area contributed by atoms with Gasteiger partial charge in [-0.1, -0.05) is 44.0 Å². The zero-order valence-electron chi connectivity index (χ0n) is 20.7. The summed E-state index contributed by atoms with van der Waals surface area (Å²) < 4.78 is 49.5. The summed E-state index contributed by atoms with van der Waals surface area (Å²) in [6, 6.07) is 9.22. The molecule has 0 unspecified atom stereocenters. The highest BCUT2D eigenvalue weighted by Crippen LogP contribution is 2.40. The molecule has 0 aromatic heterocycles. The molecule has 0 heterocycles. The van der Waals surface area contributed by atoms with E-state index < -0.39 is 11.6 Å². The van der Waals surface area contributed by atoms with Crippen molar-refractivity contribution in [1.29, 1.82) is 0 Å². The lowest BCUT2D eigenvalue weighted by molar-refractivity contribution is 0.131. The van der Waals surface area contributed by atoms with Crippen LogP contribution in [0.1, 0.15) is 106 Å². The molecule has 0 amide bonds. The van der Waals surface area contributed by atoms with Crippen LogP contribution in [0.15, 0.2) is 30.3 Å². The van der Waals surface area contributed by atoms with E-state index in [1.54, 1.807) is 6.07 Å². The molecular formula is C30H39F3O.